The number of carbonyl (C=O) groups excluding carboxylic acids is 1. The standard InChI is InChI=1S/C20H18N2O4S/c1-13-3-5-14(6-4-13)19-21-22-20(26-19)27-12-16(23)15-7-8-17-18(11-15)25-10-2-9-24-17/h3-8,11H,2,9-10,12H2,1H3. The van der Waals surface area contributed by atoms with Gasteiger partial charge in [0.25, 0.3) is 5.22 Å². The molecule has 0 saturated heterocycles. The van der Waals surface area contributed by atoms with Crippen molar-refractivity contribution in [3.05, 3.63) is 53.6 Å². The highest BCUT2D eigenvalue weighted by Gasteiger charge is 2.16. The summed E-state index contributed by atoms with van der Waals surface area (Å²) in [7, 11) is 0. The molecule has 3 aromatic rings. The molecule has 0 spiro atoms. The van der Waals surface area contributed by atoms with E-state index in [1.807, 2.05) is 31.2 Å². The quantitative estimate of drug-likeness (QED) is 0.484. The largest absolute Gasteiger partial charge is 0.490 e. The maximum absolute atomic E-state index is 12.5. The van der Waals surface area contributed by atoms with Crippen molar-refractivity contribution in [3.63, 3.8) is 0 Å². The lowest BCUT2D eigenvalue weighted by molar-refractivity contribution is 0.102. The molecule has 1 aliphatic rings. The van der Waals surface area contributed by atoms with Crippen molar-refractivity contribution in [2.45, 2.75) is 18.6 Å². The highest BCUT2D eigenvalue weighted by Crippen LogP contribution is 2.31. The van der Waals surface area contributed by atoms with E-state index in [2.05, 4.69) is 10.2 Å². The second kappa shape index (κ2) is 7.84. The molecular formula is C20H18N2O4S. The van der Waals surface area contributed by atoms with E-state index in [0.29, 0.717) is 41.4 Å². The average molecular weight is 382 g/mol. The summed E-state index contributed by atoms with van der Waals surface area (Å²) < 4.78 is 16.9. The van der Waals surface area contributed by atoms with E-state index in [0.717, 1.165) is 17.5 Å². The summed E-state index contributed by atoms with van der Waals surface area (Å²) in [5.74, 6) is 1.90. The van der Waals surface area contributed by atoms with Crippen molar-refractivity contribution >= 4 is 17.5 Å². The summed E-state index contributed by atoms with van der Waals surface area (Å²) in [4.78, 5) is 12.5. The Kier molecular flexibility index (Phi) is 5.11. The van der Waals surface area contributed by atoms with Crippen molar-refractivity contribution in [2.75, 3.05) is 19.0 Å². The van der Waals surface area contributed by atoms with Gasteiger partial charge in [0.2, 0.25) is 5.89 Å². The molecule has 0 aliphatic carbocycles. The fraction of sp³-hybridized carbons (Fsp3) is 0.250. The van der Waals surface area contributed by atoms with Gasteiger partial charge in [0, 0.05) is 17.5 Å². The second-order valence-electron chi connectivity index (χ2n) is 6.16. The number of benzene rings is 2. The van der Waals surface area contributed by atoms with E-state index < -0.39 is 0 Å². The molecule has 2 heterocycles. The molecule has 0 radical (unpaired) electrons. The number of hydrogen-bond acceptors (Lipinski definition) is 7. The van der Waals surface area contributed by atoms with Crippen LogP contribution >= 0.6 is 11.8 Å². The van der Waals surface area contributed by atoms with Gasteiger partial charge in [0.15, 0.2) is 17.3 Å². The zero-order valence-corrected chi connectivity index (χ0v) is 15.6. The summed E-state index contributed by atoms with van der Waals surface area (Å²) in [6.07, 6.45) is 0.828. The SMILES string of the molecule is Cc1ccc(-c2nnc(SCC(=O)c3ccc4c(c3)OCCCO4)o2)cc1. The Morgan fingerprint density at radius 3 is 2.63 bits per heavy atom. The number of nitrogens with zero attached hydrogens (tertiary/aromatic N) is 2. The molecule has 0 saturated carbocycles. The predicted molar refractivity (Wildman–Crippen MR) is 102 cm³/mol. The fourth-order valence-corrected chi connectivity index (χ4v) is 3.29. The van der Waals surface area contributed by atoms with Gasteiger partial charge in [0.05, 0.1) is 19.0 Å². The molecule has 1 aromatic heterocycles. The number of hydrogen-bond donors (Lipinski definition) is 0. The van der Waals surface area contributed by atoms with Gasteiger partial charge in [-0.2, -0.15) is 0 Å². The Balaban J connectivity index is 1.41. The minimum absolute atomic E-state index is 0.0364. The average Bonchev–Trinajstić information content (AvgIpc) is 3.03. The number of carbonyl (C=O) groups is 1. The van der Waals surface area contributed by atoms with Crippen molar-refractivity contribution in [2.24, 2.45) is 0 Å². The molecular weight excluding hydrogens is 364 g/mol. The first-order valence-electron chi connectivity index (χ1n) is 8.65. The second-order valence-corrected chi connectivity index (χ2v) is 7.09. The van der Waals surface area contributed by atoms with Gasteiger partial charge in [-0.25, -0.2) is 0 Å². The van der Waals surface area contributed by atoms with Crippen molar-refractivity contribution < 1.29 is 18.7 Å². The van der Waals surface area contributed by atoms with Crippen molar-refractivity contribution in [1.29, 1.82) is 0 Å². The van der Waals surface area contributed by atoms with Crippen LogP contribution in [0.15, 0.2) is 52.1 Å². The van der Waals surface area contributed by atoms with E-state index in [4.69, 9.17) is 13.9 Å². The Morgan fingerprint density at radius 2 is 1.81 bits per heavy atom. The summed E-state index contributed by atoms with van der Waals surface area (Å²) in [5, 5.41) is 8.43. The normalized spacial score (nSPS) is 13.2. The van der Waals surface area contributed by atoms with Crippen LogP contribution in [-0.4, -0.2) is 34.9 Å². The van der Waals surface area contributed by atoms with Gasteiger partial charge in [-0.05, 0) is 37.3 Å². The first-order chi connectivity index (χ1) is 13.2. The molecule has 7 heteroatoms. The lowest BCUT2D eigenvalue weighted by Gasteiger charge is -2.08. The Bertz CT molecular complexity index is 953. The topological polar surface area (TPSA) is 74.5 Å². The van der Waals surface area contributed by atoms with Crippen molar-refractivity contribution in [3.8, 4) is 23.0 Å². The molecule has 0 atom stereocenters. The summed E-state index contributed by atoms with van der Waals surface area (Å²) in [6.45, 7) is 3.23. The Morgan fingerprint density at radius 1 is 1.04 bits per heavy atom. The Hall–Kier alpha value is -2.80. The summed E-state index contributed by atoms with van der Waals surface area (Å²) in [5.41, 5.74) is 2.59. The monoisotopic (exact) mass is 382 g/mol. The van der Waals surface area contributed by atoms with Crippen molar-refractivity contribution in [1.82, 2.24) is 10.2 Å². The molecule has 2 aromatic carbocycles. The zero-order valence-electron chi connectivity index (χ0n) is 14.8. The smallest absolute Gasteiger partial charge is 0.277 e. The Labute approximate surface area is 160 Å². The van der Waals surface area contributed by atoms with Gasteiger partial charge in [-0.15, -0.1) is 10.2 Å². The van der Waals surface area contributed by atoms with Crippen LogP contribution in [-0.2, 0) is 0 Å². The summed E-state index contributed by atoms with van der Waals surface area (Å²) >= 11 is 1.22. The number of ketones is 1. The molecule has 1 aliphatic heterocycles. The van der Waals surface area contributed by atoms with E-state index >= 15 is 0 Å². The third-order valence-corrected chi connectivity index (χ3v) is 4.92. The number of thioether (sulfide) groups is 1. The van der Waals surface area contributed by atoms with E-state index in [9.17, 15) is 4.79 Å². The van der Waals surface area contributed by atoms with Gasteiger partial charge < -0.3 is 13.9 Å². The van der Waals surface area contributed by atoms with Crippen LogP contribution in [0.1, 0.15) is 22.3 Å². The van der Waals surface area contributed by atoms with E-state index in [1.54, 1.807) is 18.2 Å². The van der Waals surface area contributed by atoms with E-state index in [-0.39, 0.29) is 11.5 Å². The lowest BCUT2D eigenvalue weighted by Crippen LogP contribution is -2.03. The predicted octanol–water partition coefficient (Wildman–Crippen LogP) is 4.18. The third-order valence-electron chi connectivity index (χ3n) is 4.10. The fourth-order valence-electron chi connectivity index (χ4n) is 2.63. The first-order valence-corrected chi connectivity index (χ1v) is 9.64. The molecule has 0 N–H and O–H groups in total. The lowest BCUT2D eigenvalue weighted by atomic mass is 10.1. The van der Waals surface area contributed by atoms with Crippen LogP contribution in [0.25, 0.3) is 11.5 Å². The van der Waals surface area contributed by atoms with Gasteiger partial charge in [0.1, 0.15) is 0 Å². The molecule has 0 fully saturated rings. The number of ether oxygens (including phenoxy) is 2. The molecule has 138 valence electrons. The molecule has 27 heavy (non-hydrogen) atoms. The molecule has 0 unspecified atom stereocenters. The highest BCUT2D eigenvalue weighted by molar-refractivity contribution is 7.99. The molecule has 4 rings (SSSR count). The van der Waals surface area contributed by atoms with E-state index in [1.165, 1.54) is 11.8 Å². The van der Waals surface area contributed by atoms with Crippen LogP contribution in [0.2, 0.25) is 0 Å². The number of rotatable bonds is 5. The van der Waals surface area contributed by atoms with Crippen LogP contribution in [0.4, 0.5) is 0 Å². The van der Waals surface area contributed by atoms with Gasteiger partial charge in [-0.3, -0.25) is 4.79 Å². The molecule has 6 nitrogen and oxygen atoms in total. The molecule has 0 amide bonds. The maximum atomic E-state index is 12.5. The highest BCUT2D eigenvalue weighted by atomic mass is 32.2. The number of Topliss-reactive ketones (excluding diaryl/α,β-unsaturated/α-hetero) is 1. The van der Waals surface area contributed by atoms with Crippen LogP contribution in [0.5, 0.6) is 11.5 Å². The zero-order chi connectivity index (χ0) is 18.6. The van der Waals surface area contributed by atoms with Gasteiger partial charge >= 0.3 is 0 Å². The van der Waals surface area contributed by atoms with Crippen LogP contribution in [0.3, 0.4) is 0 Å². The first kappa shape index (κ1) is 17.6. The van der Waals surface area contributed by atoms with Gasteiger partial charge in [-0.1, -0.05) is 29.5 Å². The summed E-state index contributed by atoms with van der Waals surface area (Å²) in [6, 6.07) is 13.1. The minimum atomic E-state index is -0.0364. The number of aromatic nitrogens is 2. The van der Waals surface area contributed by atoms with Crippen LogP contribution < -0.4 is 9.47 Å². The number of aryl methyl sites for hydroxylation is 1. The molecule has 0 bridgehead atoms. The minimum Gasteiger partial charge on any atom is -0.490 e. The van der Waals surface area contributed by atoms with Crippen LogP contribution in [0, 0.1) is 6.92 Å². The maximum Gasteiger partial charge on any atom is 0.277 e. The third kappa shape index (κ3) is 4.14. The number of fused-ring (bicyclic) bond motifs is 1.